The van der Waals surface area contributed by atoms with Gasteiger partial charge in [-0.3, -0.25) is 4.79 Å². The molecule has 21 heavy (non-hydrogen) atoms. The summed E-state index contributed by atoms with van der Waals surface area (Å²) < 4.78 is 0. The number of nitrogens with one attached hydrogen (secondary N) is 1. The van der Waals surface area contributed by atoms with Crippen molar-refractivity contribution < 1.29 is 4.79 Å². The van der Waals surface area contributed by atoms with Gasteiger partial charge in [0.15, 0.2) is 0 Å². The van der Waals surface area contributed by atoms with Crippen LogP contribution in [-0.4, -0.2) is 12.5 Å². The number of hydrogen-bond acceptors (Lipinski definition) is 2. The van der Waals surface area contributed by atoms with Gasteiger partial charge < -0.3 is 11.1 Å². The van der Waals surface area contributed by atoms with Crippen LogP contribution >= 0.6 is 0 Å². The Kier molecular flexibility index (Phi) is 3.69. The van der Waals surface area contributed by atoms with Crippen molar-refractivity contribution >= 4 is 11.6 Å². The number of carbonyl (C=O) groups is 1. The Labute approximate surface area is 128 Å². The maximum atomic E-state index is 12.4. The molecule has 1 aromatic carbocycles. The molecule has 0 atom stereocenters. The fourth-order valence-corrected chi connectivity index (χ4v) is 3.19. The first-order valence-corrected chi connectivity index (χ1v) is 7.65. The highest BCUT2D eigenvalue weighted by atomic mass is 16.2. The Balaban J connectivity index is 2.07. The number of nitrogens with two attached hydrogens (primary N) is 1. The zero-order valence-corrected chi connectivity index (χ0v) is 14.1. The average molecular weight is 288 g/mol. The van der Waals surface area contributed by atoms with E-state index in [1.807, 2.05) is 24.3 Å². The third-order valence-electron chi connectivity index (χ3n) is 5.73. The molecule has 116 valence electrons. The van der Waals surface area contributed by atoms with Crippen molar-refractivity contribution in [2.75, 3.05) is 11.9 Å². The van der Waals surface area contributed by atoms with Crippen molar-refractivity contribution in [2.24, 2.45) is 22.5 Å². The minimum Gasteiger partial charge on any atom is -0.330 e. The molecule has 1 aromatic rings. The van der Waals surface area contributed by atoms with Gasteiger partial charge in [-0.2, -0.15) is 0 Å². The lowest BCUT2D eigenvalue weighted by molar-refractivity contribution is -0.118. The molecule has 1 aliphatic carbocycles. The molecule has 0 aliphatic heterocycles. The zero-order chi connectivity index (χ0) is 16.1. The first-order chi connectivity index (χ1) is 9.54. The van der Waals surface area contributed by atoms with Crippen LogP contribution in [0.1, 0.15) is 47.1 Å². The smallest absolute Gasteiger partial charge is 0.228 e. The molecule has 3 heteroatoms. The van der Waals surface area contributed by atoms with Gasteiger partial charge in [-0.15, -0.1) is 0 Å². The second-order valence-electron chi connectivity index (χ2n) is 8.03. The molecule has 0 spiro atoms. The van der Waals surface area contributed by atoms with Gasteiger partial charge >= 0.3 is 0 Å². The summed E-state index contributed by atoms with van der Waals surface area (Å²) >= 11 is 0. The highest BCUT2D eigenvalue weighted by molar-refractivity contribution is 5.96. The van der Waals surface area contributed by atoms with Crippen LogP contribution in [0, 0.1) is 16.7 Å². The Bertz CT molecular complexity index is 527. The van der Waals surface area contributed by atoms with Crippen molar-refractivity contribution in [3.8, 4) is 0 Å². The summed E-state index contributed by atoms with van der Waals surface area (Å²) in [6, 6.07) is 8.03. The maximum Gasteiger partial charge on any atom is 0.228 e. The van der Waals surface area contributed by atoms with Crippen LogP contribution in [0.4, 0.5) is 5.69 Å². The third-order valence-corrected chi connectivity index (χ3v) is 5.73. The summed E-state index contributed by atoms with van der Waals surface area (Å²) in [5.41, 5.74) is 7.94. The van der Waals surface area contributed by atoms with E-state index in [2.05, 4.69) is 46.9 Å². The molecule has 0 unspecified atom stereocenters. The van der Waals surface area contributed by atoms with Gasteiger partial charge in [-0.25, -0.2) is 0 Å². The van der Waals surface area contributed by atoms with Crippen LogP contribution in [0.25, 0.3) is 0 Å². The van der Waals surface area contributed by atoms with E-state index in [1.54, 1.807) is 0 Å². The van der Waals surface area contributed by atoms with Crippen molar-refractivity contribution in [1.82, 2.24) is 0 Å². The van der Waals surface area contributed by atoms with Gasteiger partial charge in [0.25, 0.3) is 0 Å². The van der Waals surface area contributed by atoms with Crippen molar-refractivity contribution in [3.63, 3.8) is 0 Å². The molecule has 1 aliphatic rings. The molecular formula is C18H28N2O. The number of rotatable bonds is 4. The lowest BCUT2D eigenvalue weighted by Crippen LogP contribution is -2.28. The molecular weight excluding hydrogens is 260 g/mol. The normalized spacial score (nSPS) is 20.1. The number of benzene rings is 1. The van der Waals surface area contributed by atoms with E-state index in [1.165, 1.54) is 5.56 Å². The van der Waals surface area contributed by atoms with E-state index in [9.17, 15) is 4.79 Å². The standard InChI is InChI=1S/C18H28N2O/c1-16(2,11-19)12-7-9-13(10-8-12)20-15(21)14-17(3,4)18(14,5)6/h7-10,14H,11,19H2,1-6H3,(H,20,21). The molecule has 3 nitrogen and oxygen atoms in total. The van der Waals surface area contributed by atoms with Gasteiger partial charge in [-0.05, 0) is 28.5 Å². The number of amides is 1. The predicted octanol–water partition coefficient (Wildman–Crippen LogP) is 3.54. The predicted molar refractivity (Wildman–Crippen MR) is 88.2 cm³/mol. The molecule has 3 N–H and O–H groups in total. The Hall–Kier alpha value is -1.35. The maximum absolute atomic E-state index is 12.4. The van der Waals surface area contributed by atoms with Crippen LogP contribution < -0.4 is 11.1 Å². The van der Waals surface area contributed by atoms with Crippen LogP contribution in [0.5, 0.6) is 0 Å². The Morgan fingerprint density at radius 1 is 1.14 bits per heavy atom. The molecule has 2 rings (SSSR count). The molecule has 0 radical (unpaired) electrons. The van der Waals surface area contributed by atoms with E-state index in [4.69, 9.17) is 5.73 Å². The first-order valence-electron chi connectivity index (χ1n) is 7.65. The summed E-state index contributed by atoms with van der Waals surface area (Å²) in [4.78, 5) is 12.4. The molecule has 1 amide bonds. The van der Waals surface area contributed by atoms with E-state index in [0.29, 0.717) is 6.54 Å². The summed E-state index contributed by atoms with van der Waals surface area (Å²) in [6.07, 6.45) is 0. The number of hydrogen-bond donors (Lipinski definition) is 2. The lowest BCUT2D eigenvalue weighted by atomic mass is 9.85. The van der Waals surface area contributed by atoms with Gasteiger partial charge in [0.1, 0.15) is 0 Å². The Morgan fingerprint density at radius 2 is 1.62 bits per heavy atom. The minimum atomic E-state index is -0.0387. The highest BCUT2D eigenvalue weighted by Crippen LogP contribution is 2.68. The molecule has 1 fully saturated rings. The fourth-order valence-electron chi connectivity index (χ4n) is 3.19. The van der Waals surface area contributed by atoms with Crippen molar-refractivity contribution in [2.45, 2.75) is 47.0 Å². The van der Waals surface area contributed by atoms with Crippen LogP contribution in [0.3, 0.4) is 0 Å². The molecule has 0 saturated heterocycles. The van der Waals surface area contributed by atoms with Crippen LogP contribution in [-0.2, 0) is 10.2 Å². The van der Waals surface area contributed by atoms with Crippen LogP contribution in [0.2, 0.25) is 0 Å². The van der Waals surface area contributed by atoms with Gasteiger partial charge in [0, 0.05) is 23.6 Å². The minimum absolute atomic E-state index is 0.0387. The summed E-state index contributed by atoms with van der Waals surface area (Å²) in [6.45, 7) is 13.5. The summed E-state index contributed by atoms with van der Waals surface area (Å²) in [7, 11) is 0. The molecule has 0 aromatic heterocycles. The average Bonchev–Trinajstić information content (AvgIpc) is 2.80. The van der Waals surface area contributed by atoms with Crippen molar-refractivity contribution in [1.29, 1.82) is 0 Å². The lowest BCUT2D eigenvalue weighted by Gasteiger charge is -2.23. The van der Waals surface area contributed by atoms with E-state index < -0.39 is 0 Å². The monoisotopic (exact) mass is 288 g/mol. The van der Waals surface area contributed by atoms with Gasteiger partial charge in [-0.1, -0.05) is 53.7 Å². The molecule has 1 saturated carbocycles. The highest BCUT2D eigenvalue weighted by Gasteiger charge is 2.68. The van der Waals surface area contributed by atoms with Gasteiger partial charge in [0.2, 0.25) is 5.91 Å². The first kappa shape index (κ1) is 16.0. The second kappa shape index (κ2) is 4.84. The summed E-state index contributed by atoms with van der Waals surface area (Å²) in [5.74, 6) is 0.195. The largest absolute Gasteiger partial charge is 0.330 e. The van der Waals surface area contributed by atoms with E-state index >= 15 is 0 Å². The second-order valence-corrected chi connectivity index (χ2v) is 8.03. The van der Waals surface area contributed by atoms with E-state index in [0.717, 1.165) is 5.69 Å². The van der Waals surface area contributed by atoms with Gasteiger partial charge in [0.05, 0.1) is 0 Å². The fraction of sp³-hybridized carbons (Fsp3) is 0.611. The zero-order valence-electron chi connectivity index (χ0n) is 14.1. The topological polar surface area (TPSA) is 55.1 Å². The van der Waals surface area contributed by atoms with Crippen LogP contribution in [0.15, 0.2) is 24.3 Å². The molecule has 0 bridgehead atoms. The van der Waals surface area contributed by atoms with E-state index in [-0.39, 0.29) is 28.1 Å². The number of anilines is 1. The van der Waals surface area contributed by atoms with Crippen molar-refractivity contribution in [3.05, 3.63) is 29.8 Å². The number of carbonyl (C=O) groups excluding carboxylic acids is 1. The Morgan fingerprint density at radius 3 is 2.00 bits per heavy atom. The quantitative estimate of drug-likeness (QED) is 0.890. The SMILES string of the molecule is CC(C)(CN)c1ccc(NC(=O)C2C(C)(C)C2(C)C)cc1. The summed E-state index contributed by atoms with van der Waals surface area (Å²) in [5, 5.41) is 3.04. The molecule has 0 heterocycles. The third kappa shape index (κ3) is 2.59.